The van der Waals surface area contributed by atoms with Gasteiger partial charge in [0.15, 0.2) is 5.69 Å². The number of amides is 1. The Morgan fingerprint density at radius 3 is 2.78 bits per heavy atom. The molecule has 3 rings (SSSR count). The molecule has 0 bridgehead atoms. The topological polar surface area (TPSA) is 79.8 Å². The molecule has 0 saturated carbocycles. The van der Waals surface area contributed by atoms with Crippen molar-refractivity contribution in [3.63, 3.8) is 0 Å². The maximum Gasteiger partial charge on any atom is 0.271 e. The van der Waals surface area contributed by atoms with Gasteiger partial charge in [0, 0.05) is 12.7 Å². The predicted molar refractivity (Wildman–Crippen MR) is 108 cm³/mol. The van der Waals surface area contributed by atoms with Gasteiger partial charge in [0.05, 0.1) is 22.5 Å². The SMILES string of the molecule is CC.CCCNC(=O)c1nc(NC(C)c2cncc(F)c2)nc2ccsc12. The van der Waals surface area contributed by atoms with Crippen LogP contribution in [0.4, 0.5) is 10.3 Å². The summed E-state index contributed by atoms with van der Waals surface area (Å²) in [6.07, 6.45) is 3.58. The van der Waals surface area contributed by atoms with Crippen molar-refractivity contribution in [3.05, 3.63) is 47.0 Å². The van der Waals surface area contributed by atoms with E-state index in [0.717, 1.165) is 17.3 Å². The van der Waals surface area contributed by atoms with Gasteiger partial charge in [-0.05, 0) is 36.4 Å². The molecule has 0 fully saturated rings. The summed E-state index contributed by atoms with van der Waals surface area (Å²) in [5, 5.41) is 7.83. The van der Waals surface area contributed by atoms with Gasteiger partial charge in [-0.15, -0.1) is 11.3 Å². The Bertz CT molecular complexity index is 899. The Balaban J connectivity index is 0.00000126. The van der Waals surface area contributed by atoms with E-state index in [9.17, 15) is 9.18 Å². The van der Waals surface area contributed by atoms with Crippen molar-refractivity contribution >= 4 is 33.4 Å². The van der Waals surface area contributed by atoms with Gasteiger partial charge in [0.1, 0.15) is 5.82 Å². The Kier molecular flexibility index (Phi) is 7.60. The second-order valence-corrected chi connectivity index (χ2v) is 6.51. The van der Waals surface area contributed by atoms with E-state index in [1.165, 1.54) is 17.4 Å². The third-order valence-corrected chi connectivity index (χ3v) is 4.54. The zero-order valence-corrected chi connectivity index (χ0v) is 16.7. The molecule has 8 heteroatoms. The summed E-state index contributed by atoms with van der Waals surface area (Å²) in [7, 11) is 0. The zero-order chi connectivity index (χ0) is 19.8. The first-order valence-corrected chi connectivity index (χ1v) is 9.87. The van der Waals surface area contributed by atoms with Crippen LogP contribution in [0.3, 0.4) is 0 Å². The number of anilines is 1. The number of carbonyl (C=O) groups excluding carboxylic acids is 1. The number of pyridine rings is 1. The maximum atomic E-state index is 13.3. The molecular formula is C19H24FN5OS. The summed E-state index contributed by atoms with van der Waals surface area (Å²) in [5.41, 5.74) is 1.72. The molecule has 0 radical (unpaired) electrons. The number of carbonyl (C=O) groups is 1. The van der Waals surface area contributed by atoms with Gasteiger partial charge in [-0.25, -0.2) is 14.4 Å². The van der Waals surface area contributed by atoms with Crippen LogP contribution in [0.25, 0.3) is 10.2 Å². The molecule has 27 heavy (non-hydrogen) atoms. The van der Waals surface area contributed by atoms with Crippen molar-refractivity contribution in [2.45, 2.75) is 40.2 Å². The molecule has 3 aromatic heterocycles. The minimum Gasteiger partial charge on any atom is -0.351 e. The van der Waals surface area contributed by atoms with Gasteiger partial charge < -0.3 is 10.6 Å². The summed E-state index contributed by atoms with van der Waals surface area (Å²) >= 11 is 1.43. The largest absolute Gasteiger partial charge is 0.351 e. The predicted octanol–water partition coefficient (Wildman–Crippen LogP) is 4.56. The number of halogens is 1. The normalized spacial score (nSPS) is 11.4. The molecule has 1 unspecified atom stereocenters. The molecule has 3 heterocycles. The molecule has 1 amide bonds. The smallest absolute Gasteiger partial charge is 0.271 e. The summed E-state index contributed by atoms with van der Waals surface area (Å²) in [5.74, 6) is -0.302. The number of nitrogens with one attached hydrogen (secondary N) is 2. The van der Waals surface area contributed by atoms with Crippen LogP contribution in [0, 0.1) is 5.82 Å². The van der Waals surface area contributed by atoms with Crippen molar-refractivity contribution in [2.75, 3.05) is 11.9 Å². The molecule has 0 aliphatic heterocycles. The molecule has 0 aliphatic rings. The third kappa shape index (κ3) is 5.19. The van der Waals surface area contributed by atoms with Gasteiger partial charge in [0.2, 0.25) is 5.95 Å². The zero-order valence-electron chi connectivity index (χ0n) is 15.9. The lowest BCUT2D eigenvalue weighted by molar-refractivity contribution is 0.0950. The van der Waals surface area contributed by atoms with Crippen LogP contribution >= 0.6 is 11.3 Å². The molecule has 0 aliphatic carbocycles. The van der Waals surface area contributed by atoms with Gasteiger partial charge in [-0.2, -0.15) is 0 Å². The number of aromatic nitrogens is 3. The van der Waals surface area contributed by atoms with Crippen LogP contribution < -0.4 is 10.6 Å². The lowest BCUT2D eigenvalue weighted by Crippen LogP contribution is -2.25. The highest BCUT2D eigenvalue weighted by Gasteiger charge is 2.17. The van der Waals surface area contributed by atoms with Crippen LogP contribution in [0.5, 0.6) is 0 Å². The first-order chi connectivity index (χ1) is 13.1. The first kappa shape index (κ1) is 20.7. The van der Waals surface area contributed by atoms with Gasteiger partial charge in [0.25, 0.3) is 5.91 Å². The van der Waals surface area contributed by atoms with E-state index in [4.69, 9.17) is 0 Å². The number of fused-ring (bicyclic) bond motifs is 1. The third-order valence-electron chi connectivity index (χ3n) is 3.63. The van der Waals surface area contributed by atoms with E-state index in [1.54, 1.807) is 6.20 Å². The molecule has 0 saturated heterocycles. The summed E-state index contributed by atoms with van der Waals surface area (Å²) in [6.45, 7) is 8.43. The highest BCUT2D eigenvalue weighted by Crippen LogP contribution is 2.25. The van der Waals surface area contributed by atoms with Crippen molar-refractivity contribution in [3.8, 4) is 0 Å². The summed E-state index contributed by atoms with van der Waals surface area (Å²) in [4.78, 5) is 25.1. The Labute approximate surface area is 162 Å². The van der Waals surface area contributed by atoms with Crippen molar-refractivity contribution in [1.29, 1.82) is 0 Å². The van der Waals surface area contributed by atoms with Crippen molar-refractivity contribution in [1.82, 2.24) is 20.3 Å². The molecule has 2 N–H and O–H groups in total. The number of thiophene rings is 1. The standard InChI is InChI=1S/C17H18FN5OS.C2H6/c1-3-5-20-16(24)14-15-13(4-6-25-15)22-17(23-14)21-10(2)11-7-12(18)9-19-8-11;1-2/h4,6-10H,3,5H2,1-2H3,(H,20,24)(H,21,22,23);1-2H3. The fourth-order valence-corrected chi connectivity index (χ4v) is 3.16. The number of hydrogen-bond acceptors (Lipinski definition) is 6. The summed E-state index contributed by atoms with van der Waals surface area (Å²) < 4.78 is 14.1. The minimum atomic E-state index is -0.403. The fraction of sp³-hybridized carbons (Fsp3) is 0.368. The van der Waals surface area contributed by atoms with E-state index in [0.29, 0.717) is 29.3 Å². The monoisotopic (exact) mass is 389 g/mol. The van der Waals surface area contributed by atoms with E-state index in [1.807, 2.05) is 39.1 Å². The lowest BCUT2D eigenvalue weighted by Gasteiger charge is -2.15. The highest BCUT2D eigenvalue weighted by molar-refractivity contribution is 7.17. The van der Waals surface area contributed by atoms with E-state index >= 15 is 0 Å². The number of nitrogens with zero attached hydrogens (tertiary/aromatic N) is 3. The number of hydrogen-bond donors (Lipinski definition) is 2. The van der Waals surface area contributed by atoms with E-state index in [2.05, 4.69) is 25.6 Å². The Morgan fingerprint density at radius 1 is 1.30 bits per heavy atom. The molecular weight excluding hydrogens is 365 g/mol. The van der Waals surface area contributed by atoms with Crippen molar-refractivity contribution < 1.29 is 9.18 Å². The van der Waals surface area contributed by atoms with Gasteiger partial charge >= 0.3 is 0 Å². The van der Waals surface area contributed by atoms with Crippen LogP contribution in [-0.2, 0) is 0 Å². The van der Waals surface area contributed by atoms with E-state index < -0.39 is 5.82 Å². The van der Waals surface area contributed by atoms with Crippen LogP contribution in [0.15, 0.2) is 29.9 Å². The molecule has 0 aromatic carbocycles. The van der Waals surface area contributed by atoms with E-state index in [-0.39, 0.29) is 11.9 Å². The second-order valence-electron chi connectivity index (χ2n) is 5.59. The average Bonchev–Trinajstić information content (AvgIpc) is 3.15. The molecule has 144 valence electrons. The Hall–Kier alpha value is -2.61. The molecule has 3 aromatic rings. The second kappa shape index (κ2) is 9.91. The van der Waals surface area contributed by atoms with Gasteiger partial charge in [-0.3, -0.25) is 9.78 Å². The Morgan fingerprint density at radius 2 is 2.07 bits per heavy atom. The van der Waals surface area contributed by atoms with Crippen molar-refractivity contribution in [2.24, 2.45) is 0 Å². The number of rotatable bonds is 6. The minimum absolute atomic E-state index is 0.222. The maximum absolute atomic E-state index is 13.3. The first-order valence-electron chi connectivity index (χ1n) is 8.99. The van der Waals surface area contributed by atoms with Crippen LogP contribution in [-0.4, -0.2) is 27.4 Å². The highest BCUT2D eigenvalue weighted by atomic mass is 32.1. The molecule has 1 atom stereocenters. The average molecular weight is 390 g/mol. The fourth-order valence-electron chi connectivity index (χ4n) is 2.35. The molecule has 6 nitrogen and oxygen atoms in total. The molecule has 0 spiro atoms. The van der Waals surface area contributed by atoms with Crippen LogP contribution in [0.1, 0.15) is 56.2 Å². The summed E-state index contributed by atoms with van der Waals surface area (Å²) in [6, 6.07) is 2.99. The van der Waals surface area contributed by atoms with Gasteiger partial charge in [-0.1, -0.05) is 20.8 Å². The quantitative estimate of drug-likeness (QED) is 0.646. The lowest BCUT2D eigenvalue weighted by atomic mass is 10.1. The van der Waals surface area contributed by atoms with Crippen LogP contribution in [0.2, 0.25) is 0 Å².